The average molecular weight is 259 g/mol. The molecule has 0 aliphatic heterocycles. The van der Waals surface area contributed by atoms with Crippen LogP contribution in [0.15, 0.2) is 60.7 Å². The van der Waals surface area contributed by atoms with Crippen LogP contribution in [-0.2, 0) is 9.78 Å². The predicted molar refractivity (Wildman–Crippen MR) is 68.7 cm³/mol. The zero-order chi connectivity index (χ0) is 12.8. The van der Waals surface area contributed by atoms with Gasteiger partial charge in [-0.3, -0.25) is 0 Å². The van der Waals surface area contributed by atoms with E-state index in [0.29, 0.717) is 11.1 Å². The lowest BCUT2D eigenvalue weighted by atomic mass is 10.2. The van der Waals surface area contributed by atoms with Crippen LogP contribution in [0.5, 0.6) is 0 Å². The normalized spacial score (nSPS) is 9.05. The van der Waals surface area contributed by atoms with E-state index in [1.54, 1.807) is 60.7 Å². The van der Waals surface area contributed by atoms with Gasteiger partial charge in [0.1, 0.15) is 0 Å². The fraction of sp³-hybridized carbons (Fsp3) is 0. The van der Waals surface area contributed by atoms with Gasteiger partial charge in [-0.15, -0.1) is 0 Å². The lowest BCUT2D eigenvalue weighted by Gasteiger charge is -2.02. The molecule has 0 heterocycles. The standard InChI is InChI=1S/C14H10O4.H3N/c15-13(11-7-3-1-4-8-11)17-18-14(16)12-9-5-2-6-10-12;/h1-10H;1H3. The molecule has 2 aromatic rings. The van der Waals surface area contributed by atoms with Crippen molar-refractivity contribution in [3.05, 3.63) is 71.8 Å². The first-order valence-corrected chi connectivity index (χ1v) is 5.30. The fourth-order valence-electron chi connectivity index (χ4n) is 1.32. The molecule has 5 nitrogen and oxygen atoms in total. The van der Waals surface area contributed by atoms with Crippen LogP contribution in [0.3, 0.4) is 0 Å². The number of hydrogen-bond donors (Lipinski definition) is 1. The van der Waals surface area contributed by atoms with Gasteiger partial charge in [0.2, 0.25) is 0 Å². The van der Waals surface area contributed by atoms with Crippen molar-refractivity contribution in [2.45, 2.75) is 0 Å². The minimum atomic E-state index is -0.708. The van der Waals surface area contributed by atoms with E-state index in [1.165, 1.54) is 0 Å². The van der Waals surface area contributed by atoms with Gasteiger partial charge in [0.05, 0.1) is 11.1 Å². The summed E-state index contributed by atoms with van der Waals surface area (Å²) in [5.41, 5.74) is 0.636. The van der Waals surface area contributed by atoms with Crippen LogP contribution in [0.25, 0.3) is 0 Å². The highest BCUT2D eigenvalue weighted by atomic mass is 17.2. The van der Waals surface area contributed by atoms with E-state index >= 15 is 0 Å². The molecule has 19 heavy (non-hydrogen) atoms. The van der Waals surface area contributed by atoms with Crippen molar-refractivity contribution in [2.24, 2.45) is 0 Å². The second kappa shape index (κ2) is 6.93. The van der Waals surface area contributed by atoms with E-state index in [2.05, 4.69) is 9.78 Å². The number of carbonyl (C=O) groups excluding carboxylic acids is 2. The van der Waals surface area contributed by atoms with Crippen molar-refractivity contribution >= 4 is 11.9 Å². The SMILES string of the molecule is N.O=C(OOC(=O)c1ccccc1)c1ccccc1. The Morgan fingerprint density at radius 3 is 1.26 bits per heavy atom. The van der Waals surface area contributed by atoms with Crippen LogP contribution in [0.4, 0.5) is 0 Å². The second-order valence-corrected chi connectivity index (χ2v) is 3.47. The highest BCUT2D eigenvalue weighted by molar-refractivity contribution is 5.92. The molecule has 0 bridgehead atoms. The van der Waals surface area contributed by atoms with Crippen LogP contribution in [0, 0.1) is 0 Å². The molecule has 0 aliphatic carbocycles. The van der Waals surface area contributed by atoms with E-state index in [9.17, 15) is 9.59 Å². The topological polar surface area (TPSA) is 87.6 Å². The van der Waals surface area contributed by atoms with Crippen molar-refractivity contribution in [1.29, 1.82) is 0 Å². The molecule has 2 aromatic carbocycles. The highest BCUT2D eigenvalue weighted by Crippen LogP contribution is 2.05. The van der Waals surface area contributed by atoms with Crippen molar-refractivity contribution in [3.63, 3.8) is 0 Å². The monoisotopic (exact) mass is 259 g/mol. The minimum absolute atomic E-state index is 0. The third-order valence-electron chi connectivity index (χ3n) is 2.21. The summed E-state index contributed by atoms with van der Waals surface area (Å²) in [5, 5.41) is 0. The molecule has 0 spiro atoms. The minimum Gasteiger partial charge on any atom is -0.344 e. The Morgan fingerprint density at radius 2 is 0.947 bits per heavy atom. The first-order chi connectivity index (χ1) is 8.77. The molecule has 0 unspecified atom stereocenters. The highest BCUT2D eigenvalue weighted by Gasteiger charge is 2.12. The Morgan fingerprint density at radius 1 is 0.632 bits per heavy atom. The number of carbonyl (C=O) groups is 2. The van der Waals surface area contributed by atoms with E-state index in [4.69, 9.17) is 0 Å². The molecular weight excluding hydrogens is 246 g/mol. The summed E-state index contributed by atoms with van der Waals surface area (Å²) in [5.74, 6) is -1.42. The quantitative estimate of drug-likeness (QED) is 0.661. The molecule has 2 rings (SSSR count). The Hall–Kier alpha value is -2.66. The van der Waals surface area contributed by atoms with Gasteiger partial charge in [-0.25, -0.2) is 19.4 Å². The zero-order valence-electron chi connectivity index (χ0n) is 10.1. The third kappa shape index (κ3) is 3.93. The van der Waals surface area contributed by atoms with Crippen molar-refractivity contribution in [1.82, 2.24) is 6.15 Å². The number of hydrogen-bond acceptors (Lipinski definition) is 5. The van der Waals surface area contributed by atoms with Gasteiger partial charge < -0.3 is 6.15 Å². The lowest BCUT2D eigenvalue weighted by Crippen LogP contribution is -2.11. The molecule has 0 saturated carbocycles. The molecule has 0 aliphatic rings. The summed E-state index contributed by atoms with van der Waals surface area (Å²) in [4.78, 5) is 31.9. The van der Waals surface area contributed by atoms with Crippen LogP contribution in [0.2, 0.25) is 0 Å². The molecule has 0 atom stereocenters. The second-order valence-electron chi connectivity index (χ2n) is 3.47. The number of benzene rings is 2. The van der Waals surface area contributed by atoms with Crippen LogP contribution >= 0.6 is 0 Å². The Bertz CT molecular complexity index is 488. The van der Waals surface area contributed by atoms with Gasteiger partial charge >= 0.3 is 11.9 Å². The third-order valence-corrected chi connectivity index (χ3v) is 2.21. The summed E-state index contributed by atoms with van der Waals surface area (Å²) in [6.07, 6.45) is 0. The Balaban J connectivity index is 0.00000180. The first kappa shape index (κ1) is 14.4. The Labute approximate surface area is 110 Å². The average Bonchev–Trinajstić information content (AvgIpc) is 2.46. The van der Waals surface area contributed by atoms with Crippen molar-refractivity contribution in [3.8, 4) is 0 Å². The molecule has 5 heteroatoms. The predicted octanol–water partition coefficient (Wildman–Crippen LogP) is 2.78. The van der Waals surface area contributed by atoms with E-state index in [0.717, 1.165) is 0 Å². The molecule has 0 saturated heterocycles. The van der Waals surface area contributed by atoms with Crippen LogP contribution in [-0.4, -0.2) is 11.9 Å². The first-order valence-electron chi connectivity index (χ1n) is 5.30. The van der Waals surface area contributed by atoms with Gasteiger partial charge in [0, 0.05) is 0 Å². The molecule has 0 amide bonds. The van der Waals surface area contributed by atoms with Gasteiger partial charge in [0.25, 0.3) is 0 Å². The molecule has 0 fully saturated rings. The maximum absolute atomic E-state index is 11.5. The van der Waals surface area contributed by atoms with Gasteiger partial charge in [-0.1, -0.05) is 36.4 Å². The maximum atomic E-state index is 11.5. The number of rotatable bonds is 2. The van der Waals surface area contributed by atoms with Crippen molar-refractivity contribution < 1.29 is 19.4 Å². The largest absolute Gasteiger partial charge is 0.386 e. The smallest absolute Gasteiger partial charge is 0.344 e. The van der Waals surface area contributed by atoms with Gasteiger partial charge in [0.15, 0.2) is 0 Å². The summed E-state index contributed by atoms with van der Waals surface area (Å²) >= 11 is 0. The summed E-state index contributed by atoms with van der Waals surface area (Å²) in [6, 6.07) is 16.6. The van der Waals surface area contributed by atoms with Crippen molar-refractivity contribution in [2.75, 3.05) is 0 Å². The fourth-order valence-corrected chi connectivity index (χ4v) is 1.32. The van der Waals surface area contributed by atoms with Crippen LogP contribution in [0.1, 0.15) is 20.7 Å². The Kier molecular flexibility index (Phi) is 5.25. The summed E-state index contributed by atoms with van der Waals surface area (Å²) in [6.45, 7) is 0. The van der Waals surface area contributed by atoms with Gasteiger partial charge in [-0.05, 0) is 24.3 Å². The van der Waals surface area contributed by atoms with E-state index in [1.807, 2.05) is 0 Å². The van der Waals surface area contributed by atoms with Crippen LogP contribution < -0.4 is 6.15 Å². The van der Waals surface area contributed by atoms with E-state index in [-0.39, 0.29) is 6.15 Å². The molecule has 3 N–H and O–H groups in total. The molecular formula is C14H13NO4. The molecule has 98 valence electrons. The van der Waals surface area contributed by atoms with Gasteiger partial charge in [-0.2, -0.15) is 0 Å². The summed E-state index contributed by atoms with van der Waals surface area (Å²) < 4.78 is 0. The molecule has 0 aromatic heterocycles. The van der Waals surface area contributed by atoms with E-state index < -0.39 is 11.9 Å². The zero-order valence-corrected chi connectivity index (χ0v) is 10.1. The maximum Gasteiger partial charge on any atom is 0.386 e. The molecule has 0 radical (unpaired) electrons. The lowest BCUT2D eigenvalue weighted by molar-refractivity contribution is -0.187. The summed E-state index contributed by atoms with van der Waals surface area (Å²) in [7, 11) is 0.